The molecule has 18 heavy (non-hydrogen) atoms. The summed E-state index contributed by atoms with van der Waals surface area (Å²) >= 11 is 1.31. The fraction of sp³-hybridized carbons (Fsp3) is 0.750. The smallest absolute Gasteiger partial charge is 0.310 e. The molecule has 0 aliphatic carbocycles. The molecule has 0 aromatic heterocycles. The molecule has 0 saturated carbocycles. The molecule has 100 valence electrons. The molecule has 1 atom stereocenters. The van der Waals surface area contributed by atoms with E-state index in [1.807, 2.05) is 6.07 Å². The van der Waals surface area contributed by atoms with E-state index >= 15 is 0 Å². The van der Waals surface area contributed by atoms with Gasteiger partial charge in [-0.25, -0.2) is 0 Å². The first-order valence-corrected chi connectivity index (χ1v) is 7.23. The van der Waals surface area contributed by atoms with Crippen molar-refractivity contribution in [1.29, 1.82) is 5.26 Å². The molecule has 1 amide bonds. The molecule has 1 saturated heterocycles. The number of rotatable bonds is 5. The lowest BCUT2D eigenvalue weighted by atomic mass is 9.98. The van der Waals surface area contributed by atoms with Gasteiger partial charge in [-0.2, -0.15) is 5.26 Å². The van der Waals surface area contributed by atoms with Gasteiger partial charge in [0.25, 0.3) is 0 Å². The Kier molecular flexibility index (Phi) is 6.58. The Morgan fingerprint density at radius 3 is 3.00 bits per heavy atom. The van der Waals surface area contributed by atoms with Crippen LogP contribution in [0.25, 0.3) is 0 Å². The van der Waals surface area contributed by atoms with E-state index in [0.717, 1.165) is 12.8 Å². The first-order valence-electron chi connectivity index (χ1n) is 6.08. The van der Waals surface area contributed by atoms with Crippen molar-refractivity contribution in [3.05, 3.63) is 0 Å². The van der Waals surface area contributed by atoms with Gasteiger partial charge in [-0.15, -0.1) is 11.8 Å². The Balaban J connectivity index is 2.40. The molecular formula is C12H18N2O3S. The second kappa shape index (κ2) is 7.98. The summed E-state index contributed by atoms with van der Waals surface area (Å²) < 4.78 is 4.98. The molecule has 0 bridgehead atoms. The van der Waals surface area contributed by atoms with Crippen molar-refractivity contribution in [2.75, 3.05) is 31.2 Å². The third kappa shape index (κ3) is 4.57. The third-order valence-corrected chi connectivity index (χ3v) is 3.57. The van der Waals surface area contributed by atoms with Gasteiger partial charge in [0.05, 0.1) is 30.1 Å². The quantitative estimate of drug-likeness (QED) is 0.551. The summed E-state index contributed by atoms with van der Waals surface area (Å²) in [5.74, 6) is 0.233. The summed E-state index contributed by atoms with van der Waals surface area (Å²) in [4.78, 5) is 25.2. The number of likely N-dealkylation sites (tertiary alicyclic amines) is 1. The van der Waals surface area contributed by atoms with Gasteiger partial charge in [-0.05, 0) is 19.8 Å². The van der Waals surface area contributed by atoms with Crippen LogP contribution in [0.15, 0.2) is 0 Å². The topological polar surface area (TPSA) is 70.4 Å². The first kappa shape index (κ1) is 14.8. The van der Waals surface area contributed by atoms with Crippen LogP contribution in [-0.4, -0.2) is 48.0 Å². The predicted molar refractivity (Wildman–Crippen MR) is 68.9 cm³/mol. The SMILES string of the molecule is CCOC(=O)C1CCCN(C(=O)CSCC#N)C1. The molecule has 1 rings (SSSR count). The molecule has 0 aromatic carbocycles. The van der Waals surface area contributed by atoms with E-state index in [4.69, 9.17) is 10.00 Å². The lowest BCUT2D eigenvalue weighted by Crippen LogP contribution is -2.43. The zero-order valence-electron chi connectivity index (χ0n) is 10.6. The average Bonchev–Trinajstić information content (AvgIpc) is 2.39. The second-order valence-electron chi connectivity index (χ2n) is 4.08. The predicted octanol–water partition coefficient (Wildman–Crippen LogP) is 1.04. The van der Waals surface area contributed by atoms with Crippen LogP contribution in [0, 0.1) is 17.2 Å². The van der Waals surface area contributed by atoms with Crippen LogP contribution in [0.5, 0.6) is 0 Å². The number of nitriles is 1. The average molecular weight is 270 g/mol. The van der Waals surface area contributed by atoms with Crippen LogP contribution >= 0.6 is 11.8 Å². The second-order valence-corrected chi connectivity index (χ2v) is 5.07. The lowest BCUT2D eigenvalue weighted by Gasteiger charge is -2.31. The van der Waals surface area contributed by atoms with Crippen molar-refractivity contribution >= 4 is 23.6 Å². The van der Waals surface area contributed by atoms with Gasteiger partial charge in [0.2, 0.25) is 5.91 Å². The fourth-order valence-corrected chi connectivity index (χ4v) is 2.48. The summed E-state index contributed by atoms with van der Waals surface area (Å²) in [6.07, 6.45) is 1.62. The van der Waals surface area contributed by atoms with Crippen LogP contribution in [0.4, 0.5) is 0 Å². The molecule has 0 N–H and O–H groups in total. The van der Waals surface area contributed by atoms with E-state index in [1.165, 1.54) is 11.8 Å². The number of carbonyl (C=O) groups is 2. The minimum Gasteiger partial charge on any atom is -0.466 e. The summed E-state index contributed by atoms with van der Waals surface area (Å²) in [7, 11) is 0. The van der Waals surface area contributed by atoms with Crippen molar-refractivity contribution in [2.45, 2.75) is 19.8 Å². The van der Waals surface area contributed by atoms with Crippen molar-refractivity contribution in [3.8, 4) is 6.07 Å². The largest absolute Gasteiger partial charge is 0.466 e. The molecule has 1 heterocycles. The molecule has 0 aromatic rings. The highest BCUT2D eigenvalue weighted by molar-refractivity contribution is 8.00. The Morgan fingerprint density at radius 2 is 2.33 bits per heavy atom. The Morgan fingerprint density at radius 1 is 1.56 bits per heavy atom. The van der Waals surface area contributed by atoms with Crippen LogP contribution in [0.1, 0.15) is 19.8 Å². The van der Waals surface area contributed by atoms with Crippen LogP contribution in [-0.2, 0) is 14.3 Å². The summed E-state index contributed by atoms with van der Waals surface area (Å²) in [6, 6.07) is 1.99. The Bertz CT molecular complexity index is 341. The molecule has 6 heteroatoms. The molecule has 1 fully saturated rings. The van der Waals surface area contributed by atoms with E-state index in [0.29, 0.717) is 31.2 Å². The summed E-state index contributed by atoms with van der Waals surface area (Å²) in [5.41, 5.74) is 0. The molecule has 1 unspecified atom stereocenters. The van der Waals surface area contributed by atoms with Gasteiger partial charge in [0, 0.05) is 13.1 Å². The summed E-state index contributed by atoms with van der Waals surface area (Å²) in [6.45, 7) is 3.30. The summed E-state index contributed by atoms with van der Waals surface area (Å²) in [5, 5.41) is 8.41. The van der Waals surface area contributed by atoms with Crippen LogP contribution in [0.2, 0.25) is 0 Å². The maximum atomic E-state index is 11.8. The number of carbonyl (C=O) groups excluding carboxylic acids is 2. The third-order valence-electron chi connectivity index (χ3n) is 2.79. The normalized spacial score (nSPS) is 19.1. The maximum Gasteiger partial charge on any atom is 0.310 e. The number of ether oxygens (including phenoxy) is 1. The number of hydrogen-bond acceptors (Lipinski definition) is 5. The number of hydrogen-bond donors (Lipinski definition) is 0. The Labute approximate surface area is 111 Å². The molecule has 1 aliphatic heterocycles. The zero-order chi connectivity index (χ0) is 13.4. The van der Waals surface area contributed by atoms with E-state index in [1.54, 1.807) is 11.8 Å². The van der Waals surface area contributed by atoms with Gasteiger partial charge in [-0.1, -0.05) is 0 Å². The highest BCUT2D eigenvalue weighted by Crippen LogP contribution is 2.18. The van der Waals surface area contributed by atoms with E-state index in [9.17, 15) is 9.59 Å². The van der Waals surface area contributed by atoms with E-state index in [-0.39, 0.29) is 17.8 Å². The number of nitrogens with zero attached hydrogens (tertiary/aromatic N) is 2. The molecule has 0 spiro atoms. The van der Waals surface area contributed by atoms with Crippen LogP contribution in [0.3, 0.4) is 0 Å². The standard InChI is InChI=1S/C12H18N2O3S/c1-2-17-12(16)10-4-3-6-14(8-10)11(15)9-18-7-5-13/h10H,2-4,6-9H2,1H3. The lowest BCUT2D eigenvalue weighted by molar-refractivity contribution is -0.151. The highest BCUT2D eigenvalue weighted by Gasteiger charge is 2.28. The van der Waals surface area contributed by atoms with Gasteiger partial charge in [0.1, 0.15) is 0 Å². The number of esters is 1. The number of amides is 1. The zero-order valence-corrected chi connectivity index (χ0v) is 11.4. The van der Waals surface area contributed by atoms with Gasteiger partial charge >= 0.3 is 5.97 Å². The van der Waals surface area contributed by atoms with Crippen molar-refractivity contribution < 1.29 is 14.3 Å². The van der Waals surface area contributed by atoms with E-state index in [2.05, 4.69) is 0 Å². The van der Waals surface area contributed by atoms with Gasteiger partial charge in [-0.3, -0.25) is 9.59 Å². The fourth-order valence-electron chi connectivity index (χ4n) is 1.93. The van der Waals surface area contributed by atoms with Gasteiger partial charge in [0.15, 0.2) is 0 Å². The van der Waals surface area contributed by atoms with Crippen molar-refractivity contribution in [3.63, 3.8) is 0 Å². The number of thioether (sulfide) groups is 1. The van der Waals surface area contributed by atoms with Crippen molar-refractivity contribution in [2.24, 2.45) is 5.92 Å². The molecule has 0 radical (unpaired) electrons. The Hall–Kier alpha value is -1.22. The minimum absolute atomic E-state index is 0.00393. The van der Waals surface area contributed by atoms with E-state index < -0.39 is 0 Å². The van der Waals surface area contributed by atoms with Crippen molar-refractivity contribution in [1.82, 2.24) is 4.90 Å². The molecule has 1 aliphatic rings. The van der Waals surface area contributed by atoms with Gasteiger partial charge < -0.3 is 9.64 Å². The monoisotopic (exact) mass is 270 g/mol. The maximum absolute atomic E-state index is 11.8. The molecule has 5 nitrogen and oxygen atoms in total. The number of piperidine rings is 1. The van der Waals surface area contributed by atoms with Crippen LogP contribution < -0.4 is 0 Å². The minimum atomic E-state index is -0.209. The highest BCUT2D eigenvalue weighted by atomic mass is 32.2. The first-order chi connectivity index (χ1) is 8.69. The molecular weight excluding hydrogens is 252 g/mol.